The average Bonchev–Trinajstić information content (AvgIpc) is 3.48. The Kier molecular flexibility index (Phi) is 9.19. The molecule has 0 bridgehead atoms. The minimum absolute atomic E-state index is 0.132. The molecule has 4 aromatic rings. The number of benzene rings is 2. The minimum atomic E-state index is -0.820. The van der Waals surface area contributed by atoms with Crippen molar-refractivity contribution in [2.75, 3.05) is 18.4 Å². The number of nitrogens with one attached hydrogen (secondary N) is 2. The van der Waals surface area contributed by atoms with Crippen molar-refractivity contribution in [2.24, 2.45) is 5.73 Å². The highest BCUT2D eigenvalue weighted by Crippen LogP contribution is 2.38. The Morgan fingerprint density at radius 3 is 2.68 bits per heavy atom. The molecule has 0 saturated carbocycles. The van der Waals surface area contributed by atoms with Gasteiger partial charge in [-0.25, -0.2) is 9.37 Å². The van der Waals surface area contributed by atoms with Crippen LogP contribution in [-0.2, 0) is 11.2 Å². The van der Waals surface area contributed by atoms with E-state index in [1.54, 1.807) is 25.4 Å². The van der Waals surface area contributed by atoms with Gasteiger partial charge in [-0.1, -0.05) is 53.5 Å². The molecule has 1 amide bonds. The zero-order chi connectivity index (χ0) is 28.9. The van der Waals surface area contributed by atoms with E-state index in [9.17, 15) is 9.18 Å². The molecule has 0 aliphatic carbocycles. The summed E-state index contributed by atoms with van der Waals surface area (Å²) in [4.78, 5) is 17.6. The molecular formula is C30H31Cl2FN6O2. The van der Waals surface area contributed by atoms with Gasteiger partial charge in [-0.2, -0.15) is 5.10 Å². The summed E-state index contributed by atoms with van der Waals surface area (Å²) < 4.78 is 22.5. The number of piperidine rings is 1. The maximum Gasteiger partial charge on any atom is 0.242 e. The van der Waals surface area contributed by atoms with E-state index in [2.05, 4.69) is 20.7 Å². The molecule has 0 unspecified atom stereocenters. The quantitative estimate of drug-likeness (QED) is 0.206. The Hall–Kier alpha value is -3.50. The molecule has 11 heteroatoms. The molecule has 2 atom stereocenters. The van der Waals surface area contributed by atoms with Crippen LogP contribution in [-0.4, -0.2) is 39.8 Å². The molecule has 4 N–H and O–H groups in total. The molecule has 3 heterocycles. The average molecular weight is 598 g/mol. The molecule has 214 valence electrons. The maximum absolute atomic E-state index is 14.3. The highest BCUT2D eigenvalue weighted by molar-refractivity contribution is 6.36. The van der Waals surface area contributed by atoms with E-state index in [-0.39, 0.29) is 27.2 Å². The van der Waals surface area contributed by atoms with Crippen LogP contribution in [0.4, 0.5) is 10.2 Å². The predicted molar refractivity (Wildman–Crippen MR) is 159 cm³/mol. The van der Waals surface area contributed by atoms with E-state index in [0.717, 1.165) is 42.6 Å². The van der Waals surface area contributed by atoms with E-state index in [4.69, 9.17) is 33.7 Å². The number of carbonyl (C=O) groups excluding carboxylic acids is 1. The van der Waals surface area contributed by atoms with Crippen molar-refractivity contribution in [3.05, 3.63) is 94.1 Å². The molecule has 5 rings (SSSR count). The number of ether oxygens (including phenoxy) is 1. The van der Waals surface area contributed by atoms with Gasteiger partial charge in [0.1, 0.15) is 11.9 Å². The lowest BCUT2D eigenvalue weighted by atomic mass is 10.1. The van der Waals surface area contributed by atoms with E-state index in [0.29, 0.717) is 12.5 Å². The third kappa shape index (κ3) is 6.87. The lowest BCUT2D eigenvalue weighted by Crippen LogP contribution is -2.37. The van der Waals surface area contributed by atoms with Gasteiger partial charge in [0.25, 0.3) is 0 Å². The summed E-state index contributed by atoms with van der Waals surface area (Å²) in [7, 11) is 0. The van der Waals surface area contributed by atoms with Gasteiger partial charge in [0.05, 0.1) is 23.3 Å². The monoisotopic (exact) mass is 596 g/mol. The lowest BCUT2D eigenvalue weighted by molar-refractivity contribution is -0.117. The molecule has 8 nitrogen and oxygen atoms in total. The molecule has 1 aliphatic rings. The topological polar surface area (TPSA) is 107 Å². The van der Waals surface area contributed by atoms with Crippen molar-refractivity contribution < 1.29 is 13.9 Å². The highest BCUT2D eigenvalue weighted by Gasteiger charge is 2.23. The molecule has 0 radical (unpaired) electrons. The number of carbonyl (C=O) groups is 1. The van der Waals surface area contributed by atoms with Crippen LogP contribution < -0.4 is 21.1 Å². The first-order valence-electron chi connectivity index (χ1n) is 13.5. The van der Waals surface area contributed by atoms with E-state index in [1.807, 2.05) is 41.2 Å². The number of hydrogen-bond acceptors (Lipinski definition) is 6. The Balaban J connectivity index is 1.43. The molecule has 1 aliphatic heterocycles. The molecule has 0 spiro atoms. The Morgan fingerprint density at radius 2 is 1.93 bits per heavy atom. The molecule has 2 aromatic heterocycles. The van der Waals surface area contributed by atoms with Crippen LogP contribution in [0.15, 0.2) is 67.1 Å². The molecule has 1 saturated heterocycles. The summed E-state index contributed by atoms with van der Waals surface area (Å²) in [6, 6.07) is 13.4. The number of nitrogens with two attached hydrogens (primary N) is 1. The highest BCUT2D eigenvalue weighted by atomic mass is 35.5. The van der Waals surface area contributed by atoms with Gasteiger partial charge in [-0.3, -0.25) is 9.48 Å². The number of aromatic nitrogens is 3. The lowest BCUT2D eigenvalue weighted by Gasteiger charge is -2.22. The SMILES string of the molecule is C[C@@H](Oc1cc(-c2cnn(C3CCNCC3)c2)cnc1NC(=O)[C@H](N)Cc1ccccc1)c1c(Cl)ccc(F)c1Cl. The zero-order valence-corrected chi connectivity index (χ0v) is 24.0. The molecule has 1 fully saturated rings. The molecule has 41 heavy (non-hydrogen) atoms. The predicted octanol–water partition coefficient (Wildman–Crippen LogP) is 5.96. The Morgan fingerprint density at radius 1 is 1.17 bits per heavy atom. The third-order valence-electron chi connectivity index (χ3n) is 7.14. The first-order valence-corrected chi connectivity index (χ1v) is 14.2. The van der Waals surface area contributed by atoms with Crippen LogP contribution in [0.3, 0.4) is 0 Å². The summed E-state index contributed by atoms with van der Waals surface area (Å²) in [5.74, 6) is -0.615. The molecular weight excluding hydrogens is 566 g/mol. The first kappa shape index (κ1) is 29.0. The van der Waals surface area contributed by atoms with Gasteiger partial charge in [0.15, 0.2) is 11.6 Å². The number of rotatable bonds is 9. The normalized spacial score (nSPS) is 15.3. The van der Waals surface area contributed by atoms with Crippen molar-refractivity contribution in [3.63, 3.8) is 0 Å². The van der Waals surface area contributed by atoms with Crippen LogP contribution in [0, 0.1) is 5.82 Å². The zero-order valence-electron chi connectivity index (χ0n) is 22.5. The summed E-state index contributed by atoms with van der Waals surface area (Å²) in [5.41, 5.74) is 9.01. The van der Waals surface area contributed by atoms with Gasteiger partial charge in [0.2, 0.25) is 5.91 Å². The van der Waals surface area contributed by atoms with Crippen molar-refractivity contribution >= 4 is 34.9 Å². The van der Waals surface area contributed by atoms with E-state index >= 15 is 0 Å². The fourth-order valence-electron chi connectivity index (χ4n) is 4.88. The summed E-state index contributed by atoms with van der Waals surface area (Å²) >= 11 is 12.6. The van der Waals surface area contributed by atoms with Gasteiger partial charge in [-0.15, -0.1) is 0 Å². The second-order valence-corrected chi connectivity index (χ2v) is 10.8. The summed E-state index contributed by atoms with van der Waals surface area (Å²) in [5, 5.41) is 10.9. The maximum atomic E-state index is 14.3. The first-order chi connectivity index (χ1) is 19.8. The van der Waals surface area contributed by atoms with Gasteiger partial charge in [-0.05, 0) is 63.0 Å². The van der Waals surface area contributed by atoms with Crippen LogP contribution >= 0.6 is 23.2 Å². The smallest absolute Gasteiger partial charge is 0.242 e. The van der Waals surface area contributed by atoms with Crippen LogP contribution in [0.1, 0.15) is 43.0 Å². The number of halogens is 3. The number of nitrogens with zero attached hydrogens (tertiary/aromatic N) is 3. The van der Waals surface area contributed by atoms with Crippen LogP contribution in [0.5, 0.6) is 5.75 Å². The largest absolute Gasteiger partial charge is 0.482 e. The van der Waals surface area contributed by atoms with Crippen LogP contribution in [0.2, 0.25) is 10.0 Å². The number of hydrogen-bond donors (Lipinski definition) is 3. The number of pyridine rings is 1. The fourth-order valence-corrected chi connectivity index (χ4v) is 5.56. The molecule has 2 aromatic carbocycles. The third-order valence-corrected chi connectivity index (χ3v) is 7.85. The van der Waals surface area contributed by atoms with Gasteiger partial charge >= 0.3 is 0 Å². The summed E-state index contributed by atoms with van der Waals surface area (Å²) in [6.45, 7) is 3.59. The van der Waals surface area contributed by atoms with Crippen molar-refractivity contribution in [2.45, 2.75) is 44.4 Å². The number of amides is 1. The standard InChI is InChI=1S/C30H31Cl2FN6O2/c1-18(27-23(31)7-8-24(33)28(27)32)41-26-14-20(21-16-37-39(17-21)22-9-11-35-12-10-22)15-36-29(26)38-30(40)25(34)13-19-5-3-2-4-6-19/h2-8,14-18,22,25,35H,9-13,34H2,1H3,(H,36,38,40)/t18-,25-/m1/s1. The fraction of sp³-hybridized carbons (Fsp3) is 0.300. The Labute approximate surface area is 248 Å². The van der Waals surface area contributed by atoms with Crippen molar-refractivity contribution in [3.8, 4) is 16.9 Å². The van der Waals surface area contributed by atoms with E-state index in [1.165, 1.54) is 12.1 Å². The number of anilines is 1. The summed E-state index contributed by atoms with van der Waals surface area (Å²) in [6.07, 6.45) is 6.97. The van der Waals surface area contributed by atoms with E-state index < -0.39 is 23.9 Å². The van der Waals surface area contributed by atoms with Crippen LogP contribution in [0.25, 0.3) is 11.1 Å². The Bertz CT molecular complexity index is 1510. The second kappa shape index (κ2) is 13.0. The minimum Gasteiger partial charge on any atom is -0.482 e. The van der Waals surface area contributed by atoms with Gasteiger partial charge < -0.3 is 21.1 Å². The second-order valence-electron chi connectivity index (χ2n) is 10.1. The van der Waals surface area contributed by atoms with Gasteiger partial charge in [0, 0.05) is 34.1 Å². The van der Waals surface area contributed by atoms with Crippen molar-refractivity contribution in [1.82, 2.24) is 20.1 Å². The van der Waals surface area contributed by atoms with Crippen molar-refractivity contribution in [1.29, 1.82) is 0 Å².